The molecule has 31 heavy (non-hydrogen) atoms. The minimum absolute atomic E-state index is 0.111. The predicted octanol–water partition coefficient (Wildman–Crippen LogP) is 4.92. The van der Waals surface area contributed by atoms with Crippen molar-refractivity contribution in [1.82, 2.24) is 19.3 Å². The normalized spacial score (nSPS) is 11.2. The lowest BCUT2D eigenvalue weighted by molar-refractivity contribution is 0.407. The molecule has 0 aliphatic heterocycles. The van der Waals surface area contributed by atoms with Gasteiger partial charge in [-0.05, 0) is 31.5 Å². The van der Waals surface area contributed by atoms with E-state index in [1.54, 1.807) is 16.4 Å². The van der Waals surface area contributed by atoms with Crippen LogP contribution in [0.5, 0.6) is 5.75 Å². The largest absolute Gasteiger partial charge is 0.496 e. The van der Waals surface area contributed by atoms with Crippen LogP contribution in [0.25, 0.3) is 11.0 Å². The first-order valence-corrected chi connectivity index (χ1v) is 11.4. The molecule has 6 nitrogen and oxygen atoms in total. The lowest BCUT2D eigenvalue weighted by atomic mass is 10.2. The molecular formula is C23H23ClN4O2S. The Morgan fingerprint density at radius 3 is 2.52 bits per heavy atom. The fourth-order valence-electron chi connectivity index (χ4n) is 3.53. The van der Waals surface area contributed by atoms with Gasteiger partial charge in [-0.25, -0.2) is 4.98 Å². The molecule has 0 aliphatic rings. The predicted molar refractivity (Wildman–Crippen MR) is 125 cm³/mol. The molecule has 0 saturated heterocycles. The Bertz CT molecular complexity index is 1300. The SMILES string of the molecule is CCn1nc(C)c2nc(SCc3ccccc3Cl)n(Cc3ccccc3OC)c(=O)c21. The van der Waals surface area contributed by atoms with Gasteiger partial charge in [0.1, 0.15) is 11.3 Å². The van der Waals surface area contributed by atoms with E-state index in [9.17, 15) is 4.79 Å². The van der Waals surface area contributed by atoms with Crippen LogP contribution in [0.15, 0.2) is 58.5 Å². The van der Waals surface area contributed by atoms with Crippen molar-refractivity contribution in [3.05, 3.63) is 80.7 Å². The number of aromatic nitrogens is 4. The number of para-hydroxylation sites is 1. The summed E-state index contributed by atoms with van der Waals surface area (Å²) in [4.78, 5) is 18.5. The summed E-state index contributed by atoms with van der Waals surface area (Å²) in [6, 6.07) is 15.4. The van der Waals surface area contributed by atoms with Gasteiger partial charge in [-0.1, -0.05) is 59.8 Å². The van der Waals surface area contributed by atoms with Gasteiger partial charge in [-0.2, -0.15) is 5.10 Å². The van der Waals surface area contributed by atoms with Crippen molar-refractivity contribution in [2.24, 2.45) is 0 Å². The molecule has 0 spiro atoms. The fraction of sp³-hybridized carbons (Fsp3) is 0.261. The van der Waals surface area contributed by atoms with Gasteiger partial charge in [0, 0.05) is 22.9 Å². The molecule has 2 heterocycles. The molecule has 4 rings (SSSR count). The smallest absolute Gasteiger partial charge is 0.280 e. The van der Waals surface area contributed by atoms with Crippen LogP contribution in [0.4, 0.5) is 0 Å². The molecule has 0 amide bonds. The van der Waals surface area contributed by atoms with E-state index in [1.165, 1.54) is 11.8 Å². The Kier molecular flexibility index (Phi) is 6.34. The minimum Gasteiger partial charge on any atom is -0.496 e. The lowest BCUT2D eigenvalue weighted by Gasteiger charge is -2.15. The maximum atomic E-state index is 13.6. The second-order valence-corrected chi connectivity index (χ2v) is 8.43. The van der Waals surface area contributed by atoms with Gasteiger partial charge in [0.25, 0.3) is 5.56 Å². The molecule has 0 radical (unpaired) electrons. The van der Waals surface area contributed by atoms with Crippen molar-refractivity contribution in [2.45, 2.75) is 37.8 Å². The van der Waals surface area contributed by atoms with E-state index in [0.29, 0.717) is 40.1 Å². The number of thioether (sulfide) groups is 1. The summed E-state index contributed by atoms with van der Waals surface area (Å²) in [5, 5.41) is 5.84. The van der Waals surface area contributed by atoms with Gasteiger partial charge in [0.15, 0.2) is 10.7 Å². The van der Waals surface area contributed by atoms with E-state index in [-0.39, 0.29) is 5.56 Å². The number of methoxy groups -OCH3 is 1. The van der Waals surface area contributed by atoms with Gasteiger partial charge in [-0.15, -0.1) is 0 Å². The highest BCUT2D eigenvalue weighted by Gasteiger charge is 2.19. The Labute approximate surface area is 189 Å². The first-order valence-electron chi connectivity index (χ1n) is 9.99. The molecule has 0 fully saturated rings. The number of rotatable bonds is 7. The monoisotopic (exact) mass is 454 g/mol. The average molecular weight is 455 g/mol. The van der Waals surface area contributed by atoms with Crippen molar-refractivity contribution in [1.29, 1.82) is 0 Å². The standard InChI is InChI=1S/C23H23ClN4O2S/c1-4-28-21-20(15(2)26-28)25-23(31-14-17-10-5-7-11-18(17)24)27(22(21)29)13-16-9-6-8-12-19(16)30-3/h5-12H,4,13-14H2,1-3H3. The van der Waals surface area contributed by atoms with Crippen LogP contribution in [0.2, 0.25) is 5.02 Å². The van der Waals surface area contributed by atoms with E-state index >= 15 is 0 Å². The highest BCUT2D eigenvalue weighted by molar-refractivity contribution is 7.98. The van der Waals surface area contributed by atoms with E-state index in [4.69, 9.17) is 21.3 Å². The third kappa shape index (κ3) is 4.20. The number of benzene rings is 2. The zero-order valence-electron chi connectivity index (χ0n) is 17.6. The maximum Gasteiger partial charge on any atom is 0.280 e. The summed E-state index contributed by atoms with van der Waals surface area (Å²) in [5.74, 6) is 1.33. The Morgan fingerprint density at radius 1 is 1.10 bits per heavy atom. The van der Waals surface area contributed by atoms with Crippen LogP contribution in [-0.2, 0) is 18.8 Å². The Hall–Kier alpha value is -2.77. The second kappa shape index (κ2) is 9.16. The van der Waals surface area contributed by atoms with Gasteiger partial charge < -0.3 is 4.74 Å². The molecule has 2 aromatic heterocycles. The summed E-state index contributed by atoms with van der Waals surface area (Å²) in [5.41, 5.74) is 3.71. The Balaban J connectivity index is 1.84. The summed E-state index contributed by atoms with van der Waals surface area (Å²) >= 11 is 7.83. The summed E-state index contributed by atoms with van der Waals surface area (Å²) in [6.45, 7) is 4.80. The first kappa shape index (κ1) is 21.5. The number of hydrogen-bond donors (Lipinski definition) is 0. The summed E-state index contributed by atoms with van der Waals surface area (Å²) in [6.07, 6.45) is 0. The molecule has 0 atom stereocenters. The van der Waals surface area contributed by atoms with Gasteiger partial charge in [0.2, 0.25) is 0 Å². The number of nitrogens with zero attached hydrogens (tertiary/aromatic N) is 4. The van der Waals surface area contributed by atoms with Gasteiger partial charge >= 0.3 is 0 Å². The molecule has 2 aromatic carbocycles. The van der Waals surface area contributed by atoms with Crippen LogP contribution in [0.1, 0.15) is 23.7 Å². The highest BCUT2D eigenvalue weighted by Crippen LogP contribution is 2.28. The molecule has 4 aromatic rings. The van der Waals surface area contributed by atoms with Crippen LogP contribution in [0.3, 0.4) is 0 Å². The van der Waals surface area contributed by atoms with Crippen molar-refractivity contribution in [2.75, 3.05) is 7.11 Å². The van der Waals surface area contributed by atoms with Crippen LogP contribution >= 0.6 is 23.4 Å². The van der Waals surface area contributed by atoms with Crippen molar-refractivity contribution < 1.29 is 4.74 Å². The number of fused-ring (bicyclic) bond motifs is 1. The number of aryl methyl sites for hydroxylation is 2. The molecule has 0 saturated carbocycles. The van der Waals surface area contributed by atoms with Crippen molar-refractivity contribution in [3.63, 3.8) is 0 Å². The zero-order valence-corrected chi connectivity index (χ0v) is 19.2. The summed E-state index contributed by atoms with van der Waals surface area (Å²) in [7, 11) is 1.63. The number of halogens is 1. The molecular weight excluding hydrogens is 432 g/mol. The lowest BCUT2D eigenvalue weighted by Crippen LogP contribution is -2.26. The zero-order chi connectivity index (χ0) is 22.0. The third-order valence-electron chi connectivity index (χ3n) is 5.12. The van der Waals surface area contributed by atoms with Crippen LogP contribution < -0.4 is 10.3 Å². The van der Waals surface area contributed by atoms with E-state index in [0.717, 1.165) is 22.6 Å². The van der Waals surface area contributed by atoms with Crippen molar-refractivity contribution >= 4 is 34.4 Å². The minimum atomic E-state index is -0.111. The average Bonchev–Trinajstić information content (AvgIpc) is 3.11. The van der Waals surface area contributed by atoms with E-state index < -0.39 is 0 Å². The molecule has 0 N–H and O–H groups in total. The second-order valence-electron chi connectivity index (χ2n) is 7.08. The third-order valence-corrected chi connectivity index (χ3v) is 6.51. The summed E-state index contributed by atoms with van der Waals surface area (Å²) < 4.78 is 8.93. The molecule has 8 heteroatoms. The van der Waals surface area contributed by atoms with Crippen LogP contribution in [0, 0.1) is 6.92 Å². The highest BCUT2D eigenvalue weighted by atomic mass is 35.5. The van der Waals surface area contributed by atoms with E-state index in [2.05, 4.69) is 5.10 Å². The van der Waals surface area contributed by atoms with Gasteiger partial charge in [0.05, 0.1) is 19.3 Å². The number of hydrogen-bond acceptors (Lipinski definition) is 5. The van der Waals surface area contributed by atoms with Crippen molar-refractivity contribution in [3.8, 4) is 5.75 Å². The van der Waals surface area contributed by atoms with E-state index in [1.807, 2.05) is 62.4 Å². The first-order chi connectivity index (χ1) is 15.0. The maximum absolute atomic E-state index is 13.6. The van der Waals surface area contributed by atoms with Gasteiger partial charge in [-0.3, -0.25) is 14.0 Å². The fourth-order valence-corrected chi connectivity index (χ4v) is 4.81. The van der Waals surface area contributed by atoms with Crippen LogP contribution in [-0.4, -0.2) is 26.4 Å². The Morgan fingerprint density at radius 2 is 1.81 bits per heavy atom. The molecule has 0 unspecified atom stereocenters. The molecule has 160 valence electrons. The number of ether oxygens (including phenoxy) is 1. The quantitative estimate of drug-likeness (QED) is 0.293. The molecule has 0 bridgehead atoms. The topological polar surface area (TPSA) is 61.9 Å². The molecule has 0 aliphatic carbocycles.